The highest BCUT2D eigenvalue weighted by Gasteiger charge is 2.36. The topological polar surface area (TPSA) is 32.8 Å². The van der Waals surface area contributed by atoms with Crippen molar-refractivity contribution in [3.05, 3.63) is 57.5 Å². The highest BCUT2D eigenvalue weighted by molar-refractivity contribution is 7.10. The van der Waals surface area contributed by atoms with E-state index in [-0.39, 0.29) is 29.5 Å². The first-order valence-corrected chi connectivity index (χ1v) is 11.6. The highest BCUT2D eigenvalue weighted by Crippen LogP contribution is 2.35. The number of aryl methyl sites for hydroxylation is 1. The van der Waals surface area contributed by atoms with Crippen molar-refractivity contribution in [3.63, 3.8) is 0 Å². The molecule has 6 heteroatoms. The average molecular weight is 433 g/mol. The van der Waals surface area contributed by atoms with E-state index in [2.05, 4.69) is 23.3 Å². The number of amides is 1. The Labute approximate surface area is 183 Å². The SMILES string of the molecule is COCCN(C[C@@H]1CN(Cc2sccc2C)C[C@@H]1c1cccc(F)c1)C(=O)C(C)C. The lowest BCUT2D eigenvalue weighted by molar-refractivity contribution is -0.135. The van der Waals surface area contributed by atoms with Gasteiger partial charge in [-0.05, 0) is 47.5 Å². The zero-order valence-corrected chi connectivity index (χ0v) is 19.3. The third-order valence-electron chi connectivity index (χ3n) is 5.95. The largest absolute Gasteiger partial charge is 0.383 e. The van der Waals surface area contributed by atoms with Crippen LogP contribution in [0.2, 0.25) is 0 Å². The van der Waals surface area contributed by atoms with Gasteiger partial charge in [0, 0.05) is 56.5 Å². The second-order valence-electron chi connectivity index (χ2n) is 8.57. The van der Waals surface area contributed by atoms with Crippen molar-refractivity contribution in [2.75, 3.05) is 39.9 Å². The summed E-state index contributed by atoms with van der Waals surface area (Å²) in [5.41, 5.74) is 2.34. The number of hydrogen-bond donors (Lipinski definition) is 0. The van der Waals surface area contributed by atoms with Gasteiger partial charge in [0.15, 0.2) is 0 Å². The number of benzene rings is 1. The number of carbonyl (C=O) groups excluding carboxylic acids is 1. The minimum Gasteiger partial charge on any atom is -0.383 e. The molecule has 30 heavy (non-hydrogen) atoms. The minimum absolute atomic E-state index is 0.0549. The number of ether oxygens (including phenoxy) is 1. The molecule has 0 bridgehead atoms. The Balaban J connectivity index is 1.81. The molecule has 2 atom stereocenters. The Bertz CT molecular complexity index is 838. The standard InChI is InChI=1S/C24H33FN2O2S/c1-17(2)24(28)27(9-10-29-4)14-20-13-26(16-23-18(3)8-11-30-23)15-22(20)19-6-5-7-21(25)12-19/h5-8,11-12,17,20,22H,9-10,13-16H2,1-4H3/t20-,22+/m0/s1. The summed E-state index contributed by atoms with van der Waals surface area (Å²) in [6, 6.07) is 9.11. The molecule has 2 aromatic rings. The van der Waals surface area contributed by atoms with Crippen molar-refractivity contribution in [2.24, 2.45) is 11.8 Å². The molecule has 0 saturated carbocycles. The first-order valence-electron chi connectivity index (χ1n) is 10.7. The van der Waals surface area contributed by atoms with Crippen LogP contribution < -0.4 is 0 Å². The van der Waals surface area contributed by atoms with Crippen molar-refractivity contribution >= 4 is 17.2 Å². The van der Waals surface area contributed by atoms with E-state index in [0.717, 1.165) is 25.2 Å². The van der Waals surface area contributed by atoms with Crippen LogP contribution in [-0.2, 0) is 16.1 Å². The molecule has 0 aliphatic carbocycles. The van der Waals surface area contributed by atoms with Crippen LogP contribution in [0.4, 0.5) is 4.39 Å². The average Bonchev–Trinajstić information content (AvgIpc) is 3.30. The van der Waals surface area contributed by atoms with Crippen LogP contribution in [0.3, 0.4) is 0 Å². The normalized spacial score (nSPS) is 19.5. The van der Waals surface area contributed by atoms with Crippen LogP contribution in [0.1, 0.15) is 35.8 Å². The monoisotopic (exact) mass is 432 g/mol. The summed E-state index contributed by atoms with van der Waals surface area (Å²) in [4.78, 5) is 18.6. The smallest absolute Gasteiger partial charge is 0.225 e. The summed E-state index contributed by atoms with van der Waals surface area (Å²) < 4.78 is 19.2. The van der Waals surface area contributed by atoms with Gasteiger partial charge in [-0.15, -0.1) is 11.3 Å². The molecule has 1 aromatic carbocycles. The van der Waals surface area contributed by atoms with Gasteiger partial charge < -0.3 is 9.64 Å². The summed E-state index contributed by atoms with van der Waals surface area (Å²) in [6.07, 6.45) is 0. The summed E-state index contributed by atoms with van der Waals surface area (Å²) >= 11 is 1.79. The second-order valence-corrected chi connectivity index (χ2v) is 9.57. The fourth-order valence-electron chi connectivity index (χ4n) is 4.30. The van der Waals surface area contributed by atoms with Crippen molar-refractivity contribution in [1.29, 1.82) is 0 Å². The molecule has 0 unspecified atom stereocenters. The molecule has 1 saturated heterocycles. The van der Waals surface area contributed by atoms with Gasteiger partial charge in [0.25, 0.3) is 0 Å². The molecule has 1 aromatic heterocycles. The van der Waals surface area contributed by atoms with Crippen molar-refractivity contribution in [1.82, 2.24) is 9.80 Å². The lowest BCUT2D eigenvalue weighted by atomic mass is 9.88. The Kier molecular flexibility index (Phi) is 8.03. The Morgan fingerprint density at radius 1 is 1.33 bits per heavy atom. The summed E-state index contributed by atoms with van der Waals surface area (Å²) in [5, 5.41) is 2.13. The predicted octanol–water partition coefficient (Wildman–Crippen LogP) is 4.54. The molecule has 1 fully saturated rings. The van der Waals surface area contributed by atoms with Crippen LogP contribution in [0.15, 0.2) is 35.7 Å². The maximum absolute atomic E-state index is 14.0. The van der Waals surface area contributed by atoms with Gasteiger partial charge in [-0.2, -0.15) is 0 Å². The van der Waals surface area contributed by atoms with Crippen molar-refractivity contribution < 1.29 is 13.9 Å². The van der Waals surface area contributed by atoms with Gasteiger partial charge in [0.1, 0.15) is 5.82 Å². The predicted molar refractivity (Wildman–Crippen MR) is 120 cm³/mol. The number of hydrogen-bond acceptors (Lipinski definition) is 4. The first-order chi connectivity index (χ1) is 14.4. The molecule has 164 valence electrons. The summed E-state index contributed by atoms with van der Waals surface area (Å²) in [7, 11) is 1.66. The first kappa shape index (κ1) is 22.9. The van der Waals surface area contributed by atoms with Crippen LogP contribution in [0.25, 0.3) is 0 Å². The Hall–Kier alpha value is -1.76. The van der Waals surface area contributed by atoms with Gasteiger partial charge >= 0.3 is 0 Å². The number of carbonyl (C=O) groups is 1. The van der Waals surface area contributed by atoms with Crippen LogP contribution in [0.5, 0.6) is 0 Å². The summed E-state index contributed by atoms with van der Waals surface area (Å²) in [5.74, 6) is 0.351. The van der Waals surface area contributed by atoms with Gasteiger partial charge in [-0.1, -0.05) is 26.0 Å². The quantitative estimate of drug-likeness (QED) is 0.583. The Morgan fingerprint density at radius 3 is 2.77 bits per heavy atom. The van der Waals surface area contributed by atoms with Gasteiger partial charge in [-0.3, -0.25) is 9.69 Å². The van der Waals surface area contributed by atoms with E-state index in [9.17, 15) is 9.18 Å². The van der Waals surface area contributed by atoms with Crippen molar-refractivity contribution in [3.8, 4) is 0 Å². The lowest BCUT2D eigenvalue weighted by Crippen LogP contribution is -2.41. The molecule has 0 N–H and O–H groups in total. The van der Waals surface area contributed by atoms with E-state index >= 15 is 0 Å². The molecular weight excluding hydrogens is 399 g/mol. The zero-order valence-electron chi connectivity index (χ0n) is 18.4. The molecule has 2 heterocycles. The second kappa shape index (κ2) is 10.5. The molecule has 1 aliphatic rings. The lowest BCUT2D eigenvalue weighted by Gasteiger charge is -2.29. The molecule has 1 aliphatic heterocycles. The van der Waals surface area contributed by atoms with E-state index < -0.39 is 0 Å². The maximum Gasteiger partial charge on any atom is 0.225 e. The fourth-order valence-corrected chi connectivity index (χ4v) is 5.25. The molecular formula is C24H33FN2O2S. The van der Waals surface area contributed by atoms with E-state index in [1.807, 2.05) is 24.8 Å². The third kappa shape index (κ3) is 5.68. The number of likely N-dealkylation sites (tertiary alicyclic amines) is 1. The van der Waals surface area contributed by atoms with Gasteiger partial charge in [0.05, 0.1) is 6.61 Å². The molecule has 1 amide bonds. The van der Waals surface area contributed by atoms with Crippen LogP contribution in [-0.4, -0.2) is 55.6 Å². The maximum atomic E-state index is 14.0. The number of halogens is 1. The molecule has 0 radical (unpaired) electrons. The number of thiophene rings is 1. The van der Waals surface area contributed by atoms with E-state index in [0.29, 0.717) is 19.7 Å². The Morgan fingerprint density at radius 2 is 2.13 bits per heavy atom. The van der Waals surface area contributed by atoms with Gasteiger partial charge in [0.2, 0.25) is 5.91 Å². The van der Waals surface area contributed by atoms with E-state index in [1.54, 1.807) is 30.6 Å². The number of methoxy groups -OCH3 is 1. The van der Waals surface area contributed by atoms with Crippen LogP contribution >= 0.6 is 11.3 Å². The number of nitrogens with zero attached hydrogens (tertiary/aromatic N) is 2. The fraction of sp³-hybridized carbons (Fsp3) is 0.542. The van der Waals surface area contributed by atoms with Crippen LogP contribution in [0, 0.1) is 24.6 Å². The minimum atomic E-state index is -0.201. The van der Waals surface area contributed by atoms with E-state index in [4.69, 9.17) is 4.74 Å². The molecule has 0 spiro atoms. The van der Waals surface area contributed by atoms with E-state index in [1.165, 1.54) is 16.5 Å². The third-order valence-corrected chi connectivity index (χ3v) is 6.96. The summed E-state index contributed by atoms with van der Waals surface area (Å²) in [6.45, 7) is 10.5. The molecule has 4 nitrogen and oxygen atoms in total. The van der Waals surface area contributed by atoms with Gasteiger partial charge in [-0.25, -0.2) is 4.39 Å². The highest BCUT2D eigenvalue weighted by atomic mass is 32.1. The molecule has 3 rings (SSSR count). The zero-order chi connectivity index (χ0) is 21.7. The number of rotatable bonds is 9. The van der Waals surface area contributed by atoms with Crippen molar-refractivity contribution in [2.45, 2.75) is 33.2 Å².